The average molecular weight is 347 g/mol. The number of rotatable bonds is 4. The topological polar surface area (TPSA) is 104 Å². The fourth-order valence-corrected chi connectivity index (χ4v) is 2.95. The number of hydrogen-bond acceptors (Lipinski definition) is 5. The van der Waals surface area contributed by atoms with E-state index in [0.29, 0.717) is 22.8 Å². The van der Waals surface area contributed by atoms with Crippen molar-refractivity contribution in [3.8, 4) is 0 Å². The van der Waals surface area contributed by atoms with Crippen LogP contribution in [0.4, 0.5) is 11.5 Å². The lowest BCUT2D eigenvalue weighted by atomic mass is 10.0. The number of carboxylic acids is 1. The largest absolute Gasteiger partial charge is 0.476 e. The lowest BCUT2D eigenvalue weighted by molar-refractivity contribution is 0.0692. The van der Waals surface area contributed by atoms with Crippen molar-refractivity contribution < 1.29 is 9.90 Å². The van der Waals surface area contributed by atoms with Crippen LogP contribution >= 0.6 is 0 Å². The molecule has 0 atom stereocenters. The molecule has 0 unspecified atom stereocenters. The molecule has 7 nitrogen and oxygen atoms in total. The van der Waals surface area contributed by atoms with E-state index in [1.165, 1.54) is 5.56 Å². The Morgan fingerprint density at radius 1 is 1.19 bits per heavy atom. The number of carbonyl (C=O) groups is 1. The highest BCUT2D eigenvalue weighted by atomic mass is 16.4. The third-order valence-corrected chi connectivity index (χ3v) is 4.33. The van der Waals surface area contributed by atoms with Gasteiger partial charge in [0, 0.05) is 28.9 Å². The molecule has 130 valence electrons. The molecule has 4 rings (SSSR count). The second kappa shape index (κ2) is 6.11. The van der Waals surface area contributed by atoms with Gasteiger partial charge in [0.25, 0.3) is 0 Å². The minimum absolute atomic E-state index is 0.0373. The summed E-state index contributed by atoms with van der Waals surface area (Å²) in [6.45, 7) is 4.27. The molecule has 26 heavy (non-hydrogen) atoms. The Hall–Kier alpha value is -3.48. The van der Waals surface area contributed by atoms with Crippen molar-refractivity contribution >= 4 is 39.3 Å². The zero-order valence-electron chi connectivity index (χ0n) is 14.3. The van der Waals surface area contributed by atoms with E-state index in [0.717, 1.165) is 16.5 Å². The average Bonchev–Trinajstić information content (AvgIpc) is 3.06. The summed E-state index contributed by atoms with van der Waals surface area (Å²) in [4.78, 5) is 20.1. The molecular formula is C19H17N5O2. The highest BCUT2D eigenvalue weighted by Crippen LogP contribution is 2.31. The lowest BCUT2D eigenvalue weighted by Crippen LogP contribution is -2.01. The normalized spacial score (nSPS) is 11.3. The number of nitrogens with zero attached hydrogens (tertiary/aromatic N) is 3. The Bertz CT molecular complexity index is 1130. The van der Waals surface area contributed by atoms with Crippen LogP contribution in [0.1, 0.15) is 35.8 Å². The molecule has 3 heterocycles. The van der Waals surface area contributed by atoms with E-state index >= 15 is 0 Å². The van der Waals surface area contributed by atoms with Crippen LogP contribution in [0.15, 0.2) is 42.7 Å². The smallest absolute Gasteiger partial charge is 0.356 e. The zero-order chi connectivity index (χ0) is 18.3. The molecule has 0 radical (unpaired) electrons. The Balaban J connectivity index is 1.91. The van der Waals surface area contributed by atoms with Crippen LogP contribution in [-0.4, -0.2) is 31.2 Å². The van der Waals surface area contributed by atoms with E-state index in [2.05, 4.69) is 51.5 Å². The summed E-state index contributed by atoms with van der Waals surface area (Å²) in [6.07, 6.45) is 3.35. The number of anilines is 2. The van der Waals surface area contributed by atoms with E-state index in [-0.39, 0.29) is 5.69 Å². The van der Waals surface area contributed by atoms with Gasteiger partial charge in [-0.3, -0.25) is 10.1 Å². The monoisotopic (exact) mass is 347 g/mol. The van der Waals surface area contributed by atoms with E-state index < -0.39 is 5.97 Å². The first-order chi connectivity index (χ1) is 12.5. The number of H-pyrrole nitrogens is 1. The molecule has 3 aromatic heterocycles. The van der Waals surface area contributed by atoms with E-state index in [9.17, 15) is 9.90 Å². The van der Waals surface area contributed by atoms with Crippen LogP contribution in [0.5, 0.6) is 0 Å². The van der Waals surface area contributed by atoms with E-state index in [1.54, 1.807) is 12.4 Å². The SMILES string of the molecule is CC(C)c1cccc(Nc2nc3c(C(=O)O)[nH]nc3c3cnccc23)c1. The number of pyridine rings is 2. The molecule has 0 saturated carbocycles. The maximum absolute atomic E-state index is 11.5. The Labute approximate surface area is 149 Å². The van der Waals surface area contributed by atoms with Crippen molar-refractivity contribution in [2.75, 3.05) is 5.32 Å². The summed E-state index contributed by atoms with van der Waals surface area (Å²) in [6, 6.07) is 9.93. The lowest BCUT2D eigenvalue weighted by Gasteiger charge is -2.12. The van der Waals surface area contributed by atoms with Crippen molar-refractivity contribution in [1.29, 1.82) is 0 Å². The number of fused-ring (bicyclic) bond motifs is 3. The summed E-state index contributed by atoms with van der Waals surface area (Å²) in [5.41, 5.74) is 2.86. The number of hydrogen-bond donors (Lipinski definition) is 3. The van der Waals surface area contributed by atoms with Gasteiger partial charge in [-0.15, -0.1) is 0 Å². The van der Waals surface area contributed by atoms with Crippen LogP contribution in [0.2, 0.25) is 0 Å². The fourth-order valence-electron chi connectivity index (χ4n) is 2.95. The van der Waals surface area contributed by atoms with Gasteiger partial charge in [0.2, 0.25) is 0 Å². The third-order valence-electron chi connectivity index (χ3n) is 4.33. The Morgan fingerprint density at radius 3 is 2.81 bits per heavy atom. The third kappa shape index (κ3) is 2.63. The molecule has 0 saturated heterocycles. The number of benzene rings is 1. The molecule has 0 aliphatic rings. The van der Waals surface area contributed by atoms with Gasteiger partial charge in [-0.2, -0.15) is 5.10 Å². The van der Waals surface area contributed by atoms with Crippen LogP contribution < -0.4 is 5.32 Å². The minimum atomic E-state index is -1.10. The number of carboxylic acid groups (broad SMARTS) is 1. The van der Waals surface area contributed by atoms with Crippen molar-refractivity contribution in [2.24, 2.45) is 0 Å². The van der Waals surface area contributed by atoms with Crippen LogP contribution in [-0.2, 0) is 0 Å². The summed E-state index contributed by atoms with van der Waals surface area (Å²) in [7, 11) is 0. The maximum atomic E-state index is 11.5. The van der Waals surface area contributed by atoms with E-state index in [4.69, 9.17) is 0 Å². The van der Waals surface area contributed by atoms with Crippen molar-refractivity contribution in [1.82, 2.24) is 20.2 Å². The molecule has 4 aromatic rings. The molecule has 0 aliphatic carbocycles. The molecule has 0 fully saturated rings. The summed E-state index contributed by atoms with van der Waals surface area (Å²) in [5, 5.41) is 20.9. The fraction of sp³-hybridized carbons (Fsp3) is 0.158. The Morgan fingerprint density at radius 2 is 2.04 bits per heavy atom. The number of nitrogens with one attached hydrogen (secondary N) is 2. The van der Waals surface area contributed by atoms with Crippen molar-refractivity contribution in [2.45, 2.75) is 19.8 Å². The summed E-state index contributed by atoms with van der Waals surface area (Å²) in [5.74, 6) is -0.128. The van der Waals surface area contributed by atoms with Gasteiger partial charge >= 0.3 is 5.97 Å². The van der Waals surface area contributed by atoms with Gasteiger partial charge in [0.1, 0.15) is 16.9 Å². The summed E-state index contributed by atoms with van der Waals surface area (Å²) < 4.78 is 0. The van der Waals surface area contributed by atoms with Crippen molar-refractivity contribution in [3.05, 3.63) is 54.0 Å². The van der Waals surface area contributed by atoms with Gasteiger partial charge < -0.3 is 10.4 Å². The van der Waals surface area contributed by atoms with Crippen molar-refractivity contribution in [3.63, 3.8) is 0 Å². The Kier molecular flexibility index (Phi) is 3.76. The standard InChI is InChI=1S/C19H17N5O2/c1-10(2)11-4-3-5-12(8-11)21-18-13-6-7-20-9-14(13)15-16(22-18)17(19(25)26)24-23-15/h3-10H,1-2H3,(H,21,22)(H,23,24)(H,25,26). The molecule has 7 heteroatoms. The highest BCUT2D eigenvalue weighted by Gasteiger charge is 2.18. The van der Waals surface area contributed by atoms with Crippen LogP contribution in [0.25, 0.3) is 21.8 Å². The van der Waals surface area contributed by atoms with Gasteiger partial charge in [-0.25, -0.2) is 9.78 Å². The highest BCUT2D eigenvalue weighted by molar-refractivity contribution is 6.12. The first kappa shape index (κ1) is 16.0. The maximum Gasteiger partial charge on any atom is 0.356 e. The van der Waals surface area contributed by atoms with Gasteiger partial charge in [-0.05, 0) is 29.7 Å². The minimum Gasteiger partial charge on any atom is -0.476 e. The van der Waals surface area contributed by atoms with E-state index in [1.807, 2.05) is 18.2 Å². The summed E-state index contributed by atoms with van der Waals surface area (Å²) >= 11 is 0. The molecule has 0 amide bonds. The number of aromatic carboxylic acids is 1. The molecular weight excluding hydrogens is 330 g/mol. The predicted molar refractivity (Wildman–Crippen MR) is 100.0 cm³/mol. The first-order valence-corrected chi connectivity index (χ1v) is 8.26. The molecule has 0 spiro atoms. The quantitative estimate of drug-likeness (QED) is 0.514. The molecule has 0 aliphatic heterocycles. The van der Waals surface area contributed by atoms with Gasteiger partial charge in [-0.1, -0.05) is 26.0 Å². The second-order valence-electron chi connectivity index (χ2n) is 6.39. The van der Waals surface area contributed by atoms with Gasteiger partial charge in [0.15, 0.2) is 5.69 Å². The van der Waals surface area contributed by atoms with Gasteiger partial charge in [0.05, 0.1) is 0 Å². The number of aromatic nitrogens is 4. The van der Waals surface area contributed by atoms with Crippen LogP contribution in [0, 0.1) is 0 Å². The zero-order valence-corrected chi connectivity index (χ0v) is 14.3. The molecule has 0 bridgehead atoms. The molecule has 1 aromatic carbocycles. The second-order valence-corrected chi connectivity index (χ2v) is 6.39. The molecule has 3 N–H and O–H groups in total. The number of aromatic amines is 1. The predicted octanol–water partition coefficient (Wildman–Crippen LogP) is 4.07. The first-order valence-electron chi connectivity index (χ1n) is 8.26. The van der Waals surface area contributed by atoms with Crippen LogP contribution in [0.3, 0.4) is 0 Å².